The van der Waals surface area contributed by atoms with E-state index in [0.29, 0.717) is 0 Å². The van der Waals surface area contributed by atoms with Gasteiger partial charge in [-0.1, -0.05) is 18.2 Å². The fourth-order valence-corrected chi connectivity index (χ4v) is 2.74. The van der Waals surface area contributed by atoms with Crippen LogP contribution >= 0.6 is 0 Å². The van der Waals surface area contributed by atoms with E-state index >= 15 is 0 Å². The van der Waals surface area contributed by atoms with Crippen LogP contribution in [0.5, 0.6) is 0 Å². The highest BCUT2D eigenvalue weighted by Crippen LogP contribution is 2.37. The molecule has 1 N–H and O–H groups in total. The van der Waals surface area contributed by atoms with Crippen molar-refractivity contribution >= 4 is 11.8 Å². The maximum atomic E-state index is 13.3. The zero-order chi connectivity index (χ0) is 17.3. The summed E-state index contributed by atoms with van der Waals surface area (Å²) in [4.78, 5) is 26.0. The van der Waals surface area contributed by atoms with Gasteiger partial charge in [-0.3, -0.25) is 9.59 Å². The minimum absolute atomic E-state index is 0.104. The summed E-state index contributed by atoms with van der Waals surface area (Å²) in [7, 11) is 0. The fourth-order valence-electron chi connectivity index (χ4n) is 2.74. The van der Waals surface area contributed by atoms with Crippen molar-refractivity contribution in [3.05, 3.63) is 59.5 Å². The van der Waals surface area contributed by atoms with Crippen molar-refractivity contribution < 1.29 is 27.2 Å². The third-order valence-electron chi connectivity index (χ3n) is 3.80. The number of halogens is 3. The molecule has 1 aliphatic heterocycles. The maximum absolute atomic E-state index is 13.3. The SMILES string of the molecule is O=C1NCCN(C(=O)c2ccoc2)[C@H]1c1ccccc1C(F)(F)F. The molecule has 1 aliphatic rings. The zero-order valence-corrected chi connectivity index (χ0v) is 12.3. The van der Waals surface area contributed by atoms with Crippen molar-refractivity contribution in [1.82, 2.24) is 10.2 Å². The van der Waals surface area contributed by atoms with Gasteiger partial charge in [0.1, 0.15) is 12.3 Å². The lowest BCUT2D eigenvalue weighted by molar-refractivity contribution is -0.139. The number of rotatable bonds is 2. The van der Waals surface area contributed by atoms with E-state index in [0.717, 1.165) is 11.0 Å². The summed E-state index contributed by atoms with van der Waals surface area (Å²) in [6, 6.07) is 4.83. The molecular formula is C16H13F3N2O3. The molecule has 2 amide bonds. The van der Waals surface area contributed by atoms with Crippen LogP contribution in [0.2, 0.25) is 0 Å². The highest BCUT2D eigenvalue weighted by molar-refractivity contribution is 5.98. The van der Waals surface area contributed by atoms with Crippen molar-refractivity contribution in [2.45, 2.75) is 12.2 Å². The van der Waals surface area contributed by atoms with Gasteiger partial charge in [0, 0.05) is 13.1 Å². The van der Waals surface area contributed by atoms with Crippen molar-refractivity contribution in [2.24, 2.45) is 0 Å². The van der Waals surface area contributed by atoms with Crippen LogP contribution in [0.3, 0.4) is 0 Å². The molecular weight excluding hydrogens is 325 g/mol. The molecule has 0 radical (unpaired) electrons. The number of hydrogen-bond acceptors (Lipinski definition) is 3. The molecule has 2 heterocycles. The van der Waals surface area contributed by atoms with Gasteiger partial charge in [0.25, 0.3) is 5.91 Å². The van der Waals surface area contributed by atoms with Crippen LogP contribution in [-0.4, -0.2) is 29.8 Å². The van der Waals surface area contributed by atoms with Gasteiger partial charge in [-0.25, -0.2) is 0 Å². The van der Waals surface area contributed by atoms with E-state index in [2.05, 4.69) is 5.32 Å². The molecule has 1 atom stereocenters. The van der Waals surface area contributed by atoms with Crippen LogP contribution < -0.4 is 5.32 Å². The molecule has 126 valence electrons. The highest BCUT2D eigenvalue weighted by Gasteiger charge is 2.41. The van der Waals surface area contributed by atoms with Gasteiger partial charge in [0.2, 0.25) is 5.91 Å². The Kier molecular flexibility index (Phi) is 4.04. The third-order valence-corrected chi connectivity index (χ3v) is 3.80. The number of alkyl halides is 3. The molecule has 3 rings (SSSR count). The number of benzene rings is 1. The molecule has 1 aromatic carbocycles. The first-order valence-electron chi connectivity index (χ1n) is 7.16. The molecule has 0 aliphatic carbocycles. The number of furan rings is 1. The Labute approximate surface area is 135 Å². The number of piperazine rings is 1. The Morgan fingerprint density at radius 1 is 1.25 bits per heavy atom. The average Bonchev–Trinajstić information content (AvgIpc) is 3.07. The minimum atomic E-state index is -4.63. The monoisotopic (exact) mass is 338 g/mol. The number of carbonyl (C=O) groups excluding carboxylic acids is 2. The number of nitrogens with one attached hydrogen (secondary N) is 1. The van der Waals surface area contributed by atoms with Gasteiger partial charge in [-0.05, 0) is 17.7 Å². The molecule has 0 spiro atoms. The Morgan fingerprint density at radius 2 is 2.00 bits per heavy atom. The van der Waals surface area contributed by atoms with E-state index in [4.69, 9.17) is 4.42 Å². The Balaban J connectivity index is 2.06. The summed E-state index contributed by atoms with van der Waals surface area (Å²) in [5.41, 5.74) is -1.00. The summed E-state index contributed by atoms with van der Waals surface area (Å²) in [6.07, 6.45) is -2.14. The average molecular weight is 338 g/mol. The third kappa shape index (κ3) is 2.86. The summed E-state index contributed by atoms with van der Waals surface area (Å²) in [6.45, 7) is 0.278. The van der Waals surface area contributed by atoms with Gasteiger partial charge in [0.15, 0.2) is 0 Å². The van der Waals surface area contributed by atoms with Crippen LogP contribution in [0.4, 0.5) is 13.2 Å². The second-order valence-electron chi connectivity index (χ2n) is 5.29. The van der Waals surface area contributed by atoms with Crippen LogP contribution in [0.25, 0.3) is 0 Å². The van der Waals surface area contributed by atoms with E-state index in [1.807, 2.05) is 0 Å². The van der Waals surface area contributed by atoms with E-state index in [9.17, 15) is 22.8 Å². The Hall–Kier alpha value is -2.77. The van der Waals surface area contributed by atoms with Crippen molar-refractivity contribution in [2.75, 3.05) is 13.1 Å². The number of amides is 2. The standard InChI is InChI=1S/C16H13F3N2O3/c17-16(18,19)12-4-2-1-3-11(12)13-14(22)20-6-7-21(13)15(23)10-5-8-24-9-10/h1-5,8-9,13H,6-7H2,(H,20,22)/t13-/m0/s1. The molecule has 8 heteroatoms. The summed E-state index contributed by atoms with van der Waals surface area (Å²) >= 11 is 0. The maximum Gasteiger partial charge on any atom is 0.416 e. The largest absolute Gasteiger partial charge is 0.472 e. The minimum Gasteiger partial charge on any atom is -0.472 e. The lowest BCUT2D eigenvalue weighted by Gasteiger charge is -2.36. The van der Waals surface area contributed by atoms with Crippen LogP contribution in [0.1, 0.15) is 27.5 Å². The zero-order valence-electron chi connectivity index (χ0n) is 12.3. The molecule has 0 saturated carbocycles. The second kappa shape index (κ2) is 6.03. The van der Waals surface area contributed by atoms with Crippen LogP contribution in [0.15, 0.2) is 47.3 Å². The second-order valence-corrected chi connectivity index (χ2v) is 5.29. The van der Waals surface area contributed by atoms with Crippen molar-refractivity contribution in [3.8, 4) is 0 Å². The smallest absolute Gasteiger partial charge is 0.416 e. The van der Waals surface area contributed by atoms with Gasteiger partial charge in [-0.15, -0.1) is 0 Å². The molecule has 0 unspecified atom stereocenters. The summed E-state index contributed by atoms with van der Waals surface area (Å²) < 4.78 is 44.7. The summed E-state index contributed by atoms with van der Waals surface area (Å²) in [5.74, 6) is -1.20. The van der Waals surface area contributed by atoms with E-state index in [1.165, 1.54) is 36.8 Å². The fraction of sp³-hybridized carbons (Fsp3) is 0.250. The first-order valence-corrected chi connectivity index (χ1v) is 7.16. The van der Waals surface area contributed by atoms with Gasteiger partial charge >= 0.3 is 6.18 Å². The lowest BCUT2D eigenvalue weighted by Crippen LogP contribution is -2.52. The van der Waals surface area contributed by atoms with Gasteiger partial charge < -0.3 is 14.6 Å². The van der Waals surface area contributed by atoms with Crippen molar-refractivity contribution in [1.29, 1.82) is 0 Å². The number of carbonyl (C=O) groups is 2. The Bertz CT molecular complexity index is 756. The highest BCUT2D eigenvalue weighted by atomic mass is 19.4. The summed E-state index contributed by atoms with van der Waals surface area (Å²) in [5, 5.41) is 2.52. The van der Waals surface area contributed by atoms with Crippen LogP contribution in [-0.2, 0) is 11.0 Å². The normalized spacial score (nSPS) is 18.4. The molecule has 5 nitrogen and oxygen atoms in total. The van der Waals surface area contributed by atoms with Gasteiger partial charge in [-0.2, -0.15) is 13.2 Å². The molecule has 24 heavy (non-hydrogen) atoms. The predicted molar refractivity (Wildman–Crippen MR) is 76.9 cm³/mol. The van der Waals surface area contributed by atoms with E-state index < -0.39 is 29.6 Å². The quantitative estimate of drug-likeness (QED) is 0.916. The van der Waals surface area contributed by atoms with Gasteiger partial charge in [0.05, 0.1) is 17.4 Å². The molecule has 2 aromatic rings. The Morgan fingerprint density at radius 3 is 2.67 bits per heavy atom. The molecule has 1 fully saturated rings. The van der Waals surface area contributed by atoms with Crippen LogP contribution in [0, 0.1) is 0 Å². The number of hydrogen-bond donors (Lipinski definition) is 1. The topological polar surface area (TPSA) is 62.6 Å². The van der Waals surface area contributed by atoms with E-state index in [1.54, 1.807) is 0 Å². The lowest BCUT2D eigenvalue weighted by atomic mass is 9.96. The molecule has 0 bridgehead atoms. The number of nitrogens with zero attached hydrogens (tertiary/aromatic N) is 1. The molecule has 1 aromatic heterocycles. The first-order chi connectivity index (χ1) is 11.4. The first kappa shape index (κ1) is 16.1. The molecule has 1 saturated heterocycles. The van der Waals surface area contributed by atoms with E-state index in [-0.39, 0.29) is 24.2 Å². The van der Waals surface area contributed by atoms with Crippen molar-refractivity contribution in [3.63, 3.8) is 0 Å². The predicted octanol–water partition coefficient (Wildman–Crippen LogP) is 2.61.